The predicted molar refractivity (Wildman–Crippen MR) is 81.0 cm³/mol. The Balaban J connectivity index is 1.92. The summed E-state index contributed by atoms with van der Waals surface area (Å²) >= 11 is 0. The molecule has 1 aliphatic rings. The van der Waals surface area contributed by atoms with Crippen molar-refractivity contribution in [3.8, 4) is 11.5 Å². The molecule has 1 aliphatic carbocycles. The Morgan fingerprint density at radius 1 is 1.27 bits per heavy atom. The molecular formula is C16H23NO5. The lowest BCUT2D eigenvalue weighted by Crippen LogP contribution is -2.34. The van der Waals surface area contributed by atoms with Gasteiger partial charge in [-0.2, -0.15) is 0 Å². The number of nitrogens with one attached hydrogen (secondary N) is 1. The molecule has 22 heavy (non-hydrogen) atoms. The van der Waals surface area contributed by atoms with Gasteiger partial charge in [0.25, 0.3) is 0 Å². The maximum Gasteiger partial charge on any atom is 0.224 e. The molecule has 0 saturated heterocycles. The summed E-state index contributed by atoms with van der Waals surface area (Å²) in [6.07, 6.45) is 0.783. The maximum absolute atomic E-state index is 12.1. The van der Waals surface area contributed by atoms with Crippen LogP contribution in [0.25, 0.3) is 0 Å². The van der Waals surface area contributed by atoms with E-state index in [9.17, 15) is 9.90 Å². The molecule has 0 aromatic heterocycles. The van der Waals surface area contributed by atoms with Crippen molar-refractivity contribution < 1.29 is 24.5 Å². The lowest BCUT2D eigenvalue weighted by Gasteiger charge is -2.13. The summed E-state index contributed by atoms with van der Waals surface area (Å²) in [4.78, 5) is 12.1. The van der Waals surface area contributed by atoms with E-state index in [4.69, 9.17) is 14.6 Å². The van der Waals surface area contributed by atoms with Crippen LogP contribution in [0, 0.1) is 5.92 Å². The van der Waals surface area contributed by atoms with Crippen LogP contribution in [0.4, 0.5) is 0 Å². The lowest BCUT2D eigenvalue weighted by atomic mass is 10.1. The molecule has 1 saturated carbocycles. The van der Waals surface area contributed by atoms with E-state index in [-0.39, 0.29) is 30.9 Å². The first kappa shape index (κ1) is 16.6. The minimum absolute atomic E-state index is 0.0524. The molecule has 0 spiro atoms. The number of amides is 1. The summed E-state index contributed by atoms with van der Waals surface area (Å²) in [5, 5.41) is 21.8. The molecule has 0 radical (unpaired) electrons. The molecule has 6 nitrogen and oxygen atoms in total. The van der Waals surface area contributed by atoms with Crippen LogP contribution < -0.4 is 14.8 Å². The van der Waals surface area contributed by atoms with Gasteiger partial charge in [0.05, 0.1) is 26.7 Å². The van der Waals surface area contributed by atoms with E-state index in [1.54, 1.807) is 26.4 Å². The summed E-state index contributed by atoms with van der Waals surface area (Å²) in [7, 11) is 3.11. The van der Waals surface area contributed by atoms with E-state index in [0.29, 0.717) is 24.3 Å². The van der Waals surface area contributed by atoms with E-state index in [0.717, 1.165) is 5.56 Å². The average molecular weight is 309 g/mol. The fraction of sp³-hybridized carbons (Fsp3) is 0.562. The number of rotatable bonds is 6. The largest absolute Gasteiger partial charge is 0.493 e. The minimum Gasteiger partial charge on any atom is -0.493 e. The second kappa shape index (κ2) is 7.47. The van der Waals surface area contributed by atoms with E-state index >= 15 is 0 Å². The van der Waals surface area contributed by atoms with Crippen LogP contribution in [0.2, 0.25) is 0 Å². The topological polar surface area (TPSA) is 88.0 Å². The Labute approximate surface area is 130 Å². The third kappa shape index (κ3) is 3.90. The van der Waals surface area contributed by atoms with E-state index in [1.807, 2.05) is 6.07 Å². The number of carbonyl (C=O) groups is 1. The summed E-state index contributed by atoms with van der Waals surface area (Å²) in [5.41, 5.74) is 0.826. The van der Waals surface area contributed by atoms with Gasteiger partial charge in [-0.15, -0.1) is 0 Å². The van der Waals surface area contributed by atoms with Crippen molar-refractivity contribution in [2.24, 2.45) is 5.92 Å². The smallest absolute Gasteiger partial charge is 0.224 e. The van der Waals surface area contributed by atoms with Crippen molar-refractivity contribution in [2.75, 3.05) is 20.8 Å². The predicted octanol–water partition coefficient (Wildman–Crippen LogP) is 0.494. The minimum atomic E-state index is -0.545. The number of ether oxygens (including phenoxy) is 2. The zero-order valence-corrected chi connectivity index (χ0v) is 12.9. The molecule has 3 N–H and O–H groups in total. The highest BCUT2D eigenvalue weighted by Gasteiger charge is 2.33. The first-order chi connectivity index (χ1) is 10.6. The van der Waals surface area contributed by atoms with E-state index in [2.05, 4.69) is 5.32 Å². The van der Waals surface area contributed by atoms with Crippen molar-refractivity contribution in [3.63, 3.8) is 0 Å². The first-order valence-corrected chi connectivity index (χ1v) is 7.36. The van der Waals surface area contributed by atoms with Crippen LogP contribution in [-0.2, 0) is 11.2 Å². The second-order valence-corrected chi connectivity index (χ2v) is 5.61. The highest BCUT2D eigenvalue weighted by molar-refractivity contribution is 5.79. The molecule has 0 unspecified atom stereocenters. The summed E-state index contributed by atoms with van der Waals surface area (Å²) in [5.74, 6) is 0.954. The van der Waals surface area contributed by atoms with Gasteiger partial charge >= 0.3 is 0 Å². The molecule has 2 rings (SSSR count). The Morgan fingerprint density at radius 3 is 2.59 bits per heavy atom. The fourth-order valence-electron chi connectivity index (χ4n) is 2.87. The molecule has 6 heteroatoms. The van der Waals surface area contributed by atoms with Crippen LogP contribution in [0.15, 0.2) is 18.2 Å². The third-order valence-electron chi connectivity index (χ3n) is 4.07. The standard InChI is InChI=1S/C16H23NO5/c1-21-14-4-3-10(5-15(14)22-2)6-16(20)17-12-7-11(9-18)13(19)8-12/h3-5,11-13,18-19H,6-9H2,1-2H3,(H,17,20)/t11-,12+,13+/m0/s1. The zero-order valence-electron chi connectivity index (χ0n) is 12.9. The molecule has 3 atom stereocenters. The molecule has 0 heterocycles. The van der Waals surface area contributed by atoms with Crippen molar-refractivity contribution in [2.45, 2.75) is 31.4 Å². The van der Waals surface area contributed by atoms with Gasteiger partial charge in [0.15, 0.2) is 11.5 Å². The van der Waals surface area contributed by atoms with E-state index in [1.165, 1.54) is 0 Å². The molecule has 122 valence electrons. The number of hydrogen-bond acceptors (Lipinski definition) is 5. The van der Waals surface area contributed by atoms with Crippen molar-refractivity contribution in [1.82, 2.24) is 5.32 Å². The Kier molecular flexibility index (Phi) is 5.63. The van der Waals surface area contributed by atoms with E-state index < -0.39 is 6.10 Å². The van der Waals surface area contributed by atoms with Crippen LogP contribution in [0.1, 0.15) is 18.4 Å². The highest BCUT2D eigenvalue weighted by Crippen LogP contribution is 2.28. The van der Waals surface area contributed by atoms with Crippen molar-refractivity contribution in [3.05, 3.63) is 23.8 Å². The monoisotopic (exact) mass is 309 g/mol. The number of carbonyl (C=O) groups excluding carboxylic acids is 1. The van der Waals surface area contributed by atoms with Gasteiger partial charge in [0, 0.05) is 18.6 Å². The fourth-order valence-corrected chi connectivity index (χ4v) is 2.87. The molecule has 1 fully saturated rings. The normalized spacial score (nSPS) is 24.1. The quantitative estimate of drug-likeness (QED) is 0.712. The van der Waals surface area contributed by atoms with Crippen LogP contribution in [-0.4, -0.2) is 49.1 Å². The van der Waals surface area contributed by atoms with Crippen LogP contribution in [0.3, 0.4) is 0 Å². The van der Waals surface area contributed by atoms with Crippen LogP contribution >= 0.6 is 0 Å². The van der Waals surface area contributed by atoms with Gasteiger partial charge < -0.3 is 25.0 Å². The molecular weight excluding hydrogens is 286 g/mol. The van der Waals surface area contributed by atoms with Gasteiger partial charge in [0.2, 0.25) is 5.91 Å². The van der Waals surface area contributed by atoms with Gasteiger partial charge in [-0.1, -0.05) is 6.07 Å². The molecule has 0 aliphatic heterocycles. The Bertz CT molecular complexity index is 519. The average Bonchev–Trinajstić information content (AvgIpc) is 2.86. The van der Waals surface area contributed by atoms with Gasteiger partial charge in [-0.05, 0) is 30.5 Å². The Hall–Kier alpha value is -1.79. The summed E-state index contributed by atoms with van der Waals surface area (Å²) in [6.45, 7) is -0.0524. The van der Waals surface area contributed by atoms with Gasteiger partial charge in [-0.25, -0.2) is 0 Å². The van der Waals surface area contributed by atoms with Gasteiger partial charge in [0.1, 0.15) is 0 Å². The summed E-state index contributed by atoms with van der Waals surface area (Å²) in [6, 6.07) is 5.28. The zero-order chi connectivity index (χ0) is 16.1. The number of aliphatic hydroxyl groups excluding tert-OH is 2. The van der Waals surface area contributed by atoms with Crippen molar-refractivity contribution >= 4 is 5.91 Å². The second-order valence-electron chi connectivity index (χ2n) is 5.61. The number of aliphatic hydroxyl groups is 2. The highest BCUT2D eigenvalue weighted by atomic mass is 16.5. The summed E-state index contributed by atoms with van der Waals surface area (Å²) < 4.78 is 10.4. The third-order valence-corrected chi connectivity index (χ3v) is 4.07. The molecule has 1 aromatic carbocycles. The molecule has 1 aromatic rings. The van der Waals surface area contributed by atoms with Crippen molar-refractivity contribution in [1.29, 1.82) is 0 Å². The van der Waals surface area contributed by atoms with Gasteiger partial charge in [-0.3, -0.25) is 4.79 Å². The van der Waals surface area contributed by atoms with Crippen LogP contribution in [0.5, 0.6) is 11.5 Å². The molecule has 0 bridgehead atoms. The molecule has 1 amide bonds. The maximum atomic E-state index is 12.1. The lowest BCUT2D eigenvalue weighted by molar-refractivity contribution is -0.121. The number of methoxy groups -OCH3 is 2. The number of hydrogen-bond donors (Lipinski definition) is 3. The SMILES string of the molecule is COc1ccc(CC(=O)N[C@@H]2C[C@@H](CO)[C@H](O)C2)cc1OC. The number of benzene rings is 1. The Morgan fingerprint density at radius 2 is 2.00 bits per heavy atom. The first-order valence-electron chi connectivity index (χ1n) is 7.36.